The molecule has 1 unspecified atom stereocenters. The molecule has 0 aliphatic carbocycles. The number of hydrogen-bond acceptors (Lipinski definition) is 3. The van der Waals surface area contributed by atoms with Crippen molar-refractivity contribution >= 4 is 11.8 Å². The van der Waals surface area contributed by atoms with Crippen LogP contribution in [0.1, 0.15) is 52.0 Å². The molecule has 0 bridgehead atoms. The second-order valence-corrected chi connectivity index (χ2v) is 11.4. The molecule has 1 fully saturated rings. The van der Waals surface area contributed by atoms with Gasteiger partial charge in [-0.25, -0.2) is 0 Å². The van der Waals surface area contributed by atoms with E-state index in [9.17, 15) is 0 Å². The van der Waals surface area contributed by atoms with Gasteiger partial charge in [-0.05, 0) is 53.7 Å². The van der Waals surface area contributed by atoms with Gasteiger partial charge in [0.25, 0.3) is 0 Å². The minimum atomic E-state index is -0.0209. The first-order valence-corrected chi connectivity index (χ1v) is 14.0. The van der Waals surface area contributed by atoms with E-state index in [1.807, 2.05) is 0 Å². The molecule has 182 valence electrons. The van der Waals surface area contributed by atoms with Crippen LogP contribution in [0.25, 0.3) is 0 Å². The predicted molar refractivity (Wildman–Crippen MR) is 150 cm³/mol. The zero-order valence-corrected chi connectivity index (χ0v) is 21.4. The van der Waals surface area contributed by atoms with Crippen molar-refractivity contribution in [2.45, 2.75) is 28.9 Å². The van der Waals surface area contributed by atoms with Crippen molar-refractivity contribution in [3.8, 4) is 0 Å². The molecule has 4 aromatic carbocycles. The fraction of sp³-hybridized carbons (Fsp3) is 0.273. The molecule has 6 rings (SSSR count). The smallest absolute Gasteiger partial charge is 0.108 e. The summed E-state index contributed by atoms with van der Waals surface area (Å²) in [6.07, 6.45) is 2.37. The Balaban J connectivity index is 1.11. The van der Waals surface area contributed by atoms with Gasteiger partial charge in [-0.2, -0.15) is 0 Å². The molecular formula is C33H33NOS. The molecular weight excluding hydrogens is 458 g/mol. The number of piperidine rings is 1. The summed E-state index contributed by atoms with van der Waals surface area (Å²) in [4.78, 5) is 2.59. The largest absolute Gasteiger partial charge is 0.367 e. The lowest BCUT2D eigenvalue weighted by atomic mass is 9.84. The number of thioether (sulfide) groups is 1. The van der Waals surface area contributed by atoms with Crippen LogP contribution in [-0.4, -0.2) is 31.1 Å². The summed E-state index contributed by atoms with van der Waals surface area (Å²) >= 11 is 2.18. The fourth-order valence-electron chi connectivity index (χ4n) is 5.83. The van der Waals surface area contributed by atoms with Crippen molar-refractivity contribution < 1.29 is 4.74 Å². The third-order valence-electron chi connectivity index (χ3n) is 7.74. The Labute approximate surface area is 219 Å². The van der Waals surface area contributed by atoms with Gasteiger partial charge in [0.05, 0.1) is 11.9 Å². The lowest BCUT2D eigenvalue weighted by Crippen LogP contribution is -2.41. The Hall–Kier alpha value is -2.85. The number of rotatable bonds is 7. The standard InChI is InChI=1S/C33H33NOS/c1-4-12-26(13-5-1)31(27-14-6-2-7-15-27)35-25-24-34-22-20-33(21-23-34)30-19-11-10-18-29(30)32(36-33)28-16-8-3-9-17-28/h1-19,31-32H,20-25H2. The van der Waals surface area contributed by atoms with Gasteiger partial charge in [-0.15, -0.1) is 11.8 Å². The van der Waals surface area contributed by atoms with Gasteiger partial charge in [0, 0.05) is 11.3 Å². The summed E-state index contributed by atoms with van der Waals surface area (Å²) in [7, 11) is 0. The highest BCUT2D eigenvalue weighted by atomic mass is 32.2. The highest BCUT2D eigenvalue weighted by Gasteiger charge is 2.46. The number of benzene rings is 4. The molecule has 1 spiro atoms. The van der Waals surface area contributed by atoms with E-state index < -0.39 is 0 Å². The van der Waals surface area contributed by atoms with Crippen LogP contribution in [0.4, 0.5) is 0 Å². The molecule has 4 aromatic rings. The molecule has 2 nitrogen and oxygen atoms in total. The number of ether oxygens (including phenoxy) is 1. The van der Waals surface area contributed by atoms with Gasteiger partial charge < -0.3 is 9.64 Å². The van der Waals surface area contributed by atoms with E-state index in [1.54, 1.807) is 5.56 Å². The quantitative estimate of drug-likeness (QED) is 0.264. The minimum absolute atomic E-state index is 0.0209. The second kappa shape index (κ2) is 10.6. The van der Waals surface area contributed by atoms with E-state index >= 15 is 0 Å². The zero-order chi connectivity index (χ0) is 24.2. The Bertz CT molecular complexity index is 1210. The fourth-order valence-corrected chi connectivity index (χ4v) is 7.64. The average molecular weight is 492 g/mol. The molecule has 1 saturated heterocycles. The topological polar surface area (TPSA) is 12.5 Å². The molecule has 2 aliphatic heterocycles. The number of likely N-dealkylation sites (tertiary alicyclic amines) is 1. The minimum Gasteiger partial charge on any atom is -0.367 e. The molecule has 36 heavy (non-hydrogen) atoms. The molecule has 0 aromatic heterocycles. The summed E-state index contributed by atoms with van der Waals surface area (Å²) in [6.45, 7) is 3.94. The highest BCUT2D eigenvalue weighted by molar-refractivity contribution is 8.01. The third-order valence-corrected chi connectivity index (χ3v) is 9.58. The number of fused-ring (bicyclic) bond motifs is 2. The maximum absolute atomic E-state index is 6.52. The van der Waals surface area contributed by atoms with Gasteiger partial charge in [-0.1, -0.05) is 115 Å². The summed E-state index contributed by atoms with van der Waals surface area (Å²) in [5, 5.41) is 0.440. The zero-order valence-electron chi connectivity index (χ0n) is 20.6. The first-order valence-electron chi connectivity index (χ1n) is 13.1. The van der Waals surface area contributed by atoms with Crippen LogP contribution in [0.5, 0.6) is 0 Å². The molecule has 2 heterocycles. The summed E-state index contributed by atoms with van der Waals surface area (Å²) in [5.41, 5.74) is 6.93. The van der Waals surface area contributed by atoms with Crippen molar-refractivity contribution in [3.05, 3.63) is 143 Å². The van der Waals surface area contributed by atoms with Crippen LogP contribution >= 0.6 is 11.8 Å². The van der Waals surface area contributed by atoms with Gasteiger partial charge >= 0.3 is 0 Å². The predicted octanol–water partition coefficient (Wildman–Crippen LogP) is 7.62. The normalized spacial score (nSPS) is 19.0. The Kier molecular flexibility index (Phi) is 6.96. The lowest BCUT2D eigenvalue weighted by molar-refractivity contribution is 0.0532. The third kappa shape index (κ3) is 4.76. The maximum Gasteiger partial charge on any atom is 0.108 e. The van der Waals surface area contributed by atoms with Crippen molar-refractivity contribution in [2.75, 3.05) is 26.2 Å². The molecule has 2 aliphatic rings. The lowest BCUT2D eigenvalue weighted by Gasteiger charge is -2.40. The number of nitrogens with zero attached hydrogens (tertiary/aromatic N) is 1. The molecule has 0 saturated carbocycles. The van der Waals surface area contributed by atoms with Gasteiger partial charge in [0.15, 0.2) is 0 Å². The summed E-state index contributed by atoms with van der Waals surface area (Å²) < 4.78 is 6.75. The van der Waals surface area contributed by atoms with Crippen molar-refractivity contribution in [3.63, 3.8) is 0 Å². The van der Waals surface area contributed by atoms with E-state index in [4.69, 9.17) is 4.74 Å². The highest BCUT2D eigenvalue weighted by Crippen LogP contribution is 2.61. The summed E-state index contributed by atoms with van der Waals surface area (Å²) in [5.74, 6) is 0. The Morgan fingerprint density at radius 3 is 1.92 bits per heavy atom. The maximum atomic E-state index is 6.52. The van der Waals surface area contributed by atoms with Crippen LogP contribution in [0, 0.1) is 0 Å². The van der Waals surface area contributed by atoms with Crippen LogP contribution in [0.15, 0.2) is 115 Å². The molecule has 0 amide bonds. The van der Waals surface area contributed by atoms with Gasteiger partial charge in [-0.3, -0.25) is 0 Å². The van der Waals surface area contributed by atoms with Crippen molar-refractivity contribution in [1.29, 1.82) is 0 Å². The SMILES string of the molecule is c1ccc(C(OCCN2CCC3(CC2)SC(c2ccccc2)c2ccccc23)c2ccccc2)cc1. The van der Waals surface area contributed by atoms with E-state index in [0.717, 1.165) is 26.2 Å². The Morgan fingerprint density at radius 1 is 0.722 bits per heavy atom. The van der Waals surface area contributed by atoms with Crippen LogP contribution in [0.2, 0.25) is 0 Å². The van der Waals surface area contributed by atoms with E-state index in [1.165, 1.54) is 35.1 Å². The van der Waals surface area contributed by atoms with Crippen LogP contribution in [0.3, 0.4) is 0 Å². The van der Waals surface area contributed by atoms with E-state index in [2.05, 4.69) is 132 Å². The van der Waals surface area contributed by atoms with E-state index in [0.29, 0.717) is 5.25 Å². The van der Waals surface area contributed by atoms with Crippen molar-refractivity contribution in [1.82, 2.24) is 4.90 Å². The molecule has 0 radical (unpaired) electrons. The number of hydrogen-bond donors (Lipinski definition) is 0. The molecule has 1 atom stereocenters. The average Bonchev–Trinajstić information content (AvgIpc) is 3.27. The first-order chi connectivity index (χ1) is 17.8. The Morgan fingerprint density at radius 2 is 1.28 bits per heavy atom. The van der Waals surface area contributed by atoms with Crippen molar-refractivity contribution in [2.24, 2.45) is 0 Å². The van der Waals surface area contributed by atoms with Gasteiger partial charge in [0.1, 0.15) is 6.10 Å². The van der Waals surface area contributed by atoms with Crippen LogP contribution < -0.4 is 0 Å². The molecule has 3 heteroatoms. The van der Waals surface area contributed by atoms with Crippen LogP contribution in [-0.2, 0) is 9.48 Å². The van der Waals surface area contributed by atoms with Gasteiger partial charge in [0.2, 0.25) is 0 Å². The summed E-state index contributed by atoms with van der Waals surface area (Å²) in [6, 6.07) is 41.4. The molecule has 0 N–H and O–H groups in total. The van der Waals surface area contributed by atoms with E-state index in [-0.39, 0.29) is 10.9 Å². The first kappa shape index (κ1) is 23.5. The second-order valence-electron chi connectivity index (χ2n) is 9.90. The monoisotopic (exact) mass is 491 g/mol.